The molecule has 0 aliphatic carbocycles. The summed E-state index contributed by atoms with van der Waals surface area (Å²) in [5.74, 6) is 0.451. The third-order valence-electron chi connectivity index (χ3n) is 6.26. The fourth-order valence-corrected chi connectivity index (χ4v) is 4.09. The summed E-state index contributed by atoms with van der Waals surface area (Å²) >= 11 is 0. The van der Waals surface area contributed by atoms with Crippen molar-refractivity contribution >= 4 is 11.6 Å². The van der Waals surface area contributed by atoms with Crippen molar-refractivity contribution in [2.75, 3.05) is 24.6 Å². The number of aliphatic hydroxyl groups is 2. The van der Waals surface area contributed by atoms with Crippen molar-refractivity contribution in [3.8, 4) is 0 Å². The normalized spacial score (nSPS) is 15.9. The molecule has 1 aromatic carbocycles. The molecule has 1 atom stereocenters. The summed E-state index contributed by atoms with van der Waals surface area (Å²) in [5.41, 5.74) is 2.30. The lowest BCUT2D eigenvalue weighted by molar-refractivity contribution is -0.121. The van der Waals surface area contributed by atoms with E-state index in [9.17, 15) is 15.0 Å². The third kappa shape index (κ3) is 9.48. The molecule has 0 radical (unpaired) electrons. The van der Waals surface area contributed by atoms with Crippen molar-refractivity contribution in [2.45, 2.75) is 90.2 Å². The minimum atomic E-state index is -0.365. The molecule has 1 aliphatic heterocycles. The van der Waals surface area contributed by atoms with Crippen LogP contribution in [0.15, 0.2) is 24.3 Å². The smallest absolute Gasteiger partial charge is 0.220 e. The highest BCUT2D eigenvalue weighted by molar-refractivity contribution is 5.75. The zero-order chi connectivity index (χ0) is 21.6. The number of rotatable bonds is 14. The predicted molar refractivity (Wildman–Crippen MR) is 124 cm³/mol. The Labute approximate surface area is 182 Å². The Hall–Kier alpha value is -1.59. The minimum Gasteiger partial charge on any atom is -0.396 e. The van der Waals surface area contributed by atoms with Crippen molar-refractivity contribution in [1.82, 2.24) is 5.32 Å². The Kier molecular flexibility index (Phi) is 11.9. The van der Waals surface area contributed by atoms with Crippen LogP contribution < -0.4 is 10.2 Å². The van der Waals surface area contributed by atoms with E-state index in [2.05, 4.69) is 41.4 Å². The van der Waals surface area contributed by atoms with Crippen LogP contribution in [-0.2, 0) is 11.3 Å². The molecule has 0 aromatic heterocycles. The molecular formula is C25H42N2O3. The number of piperidine rings is 1. The van der Waals surface area contributed by atoms with Crippen LogP contribution in [0.3, 0.4) is 0 Å². The van der Waals surface area contributed by atoms with E-state index in [1.807, 2.05) is 0 Å². The molecular weight excluding hydrogens is 376 g/mol. The van der Waals surface area contributed by atoms with Crippen LogP contribution in [0.25, 0.3) is 0 Å². The number of nitrogens with zero attached hydrogens (tertiary/aromatic N) is 1. The van der Waals surface area contributed by atoms with Crippen molar-refractivity contribution in [2.24, 2.45) is 5.92 Å². The van der Waals surface area contributed by atoms with Crippen molar-refractivity contribution in [3.05, 3.63) is 29.8 Å². The molecule has 1 fully saturated rings. The number of amides is 1. The van der Waals surface area contributed by atoms with Crippen LogP contribution >= 0.6 is 0 Å². The van der Waals surface area contributed by atoms with E-state index in [0.29, 0.717) is 31.9 Å². The molecule has 2 rings (SSSR count). The van der Waals surface area contributed by atoms with Gasteiger partial charge in [0.1, 0.15) is 0 Å². The first-order valence-electron chi connectivity index (χ1n) is 12.0. The van der Waals surface area contributed by atoms with E-state index < -0.39 is 0 Å². The second-order valence-electron chi connectivity index (χ2n) is 8.81. The van der Waals surface area contributed by atoms with Gasteiger partial charge in [0.25, 0.3) is 0 Å². The average molecular weight is 419 g/mol. The molecule has 1 unspecified atom stereocenters. The number of hydrogen-bond acceptors (Lipinski definition) is 4. The Balaban J connectivity index is 1.58. The summed E-state index contributed by atoms with van der Waals surface area (Å²) in [6.45, 7) is 5.01. The molecule has 0 spiro atoms. The van der Waals surface area contributed by atoms with Gasteiger partial charge in [-0.2, -0.15) is 0 Å². The molecule has 0 bridgehead atoms. The van der Waals surface area contributed by atoms with Crippen molar-refractivity contribution in [3.63, 3.8) is 0 Å². The van der Waals surface area contributed by atoms with Gasteiger partial charge < -0.3 is 20.4 Å². The molecule has 1 aliphatic rings. The van der Waals surface area contributed by atoms with Gasteiger partial charge in [-0.3, -0.25) is 4.79 Å². The van der Waals surface area contributed by atoms with Gasteiger partial charge in [-0.1, -0.05) is 57.6 Å². The maximum Gasteiger partial charge on any atom is 0.220 e. The summed E-state index contributed by atoms with van der Waals surface area (Å²) in [6.07, 6.45) is 10.8. The quantitative estimate of drug-likeness (QED) is 0.392. The fourth-order valence-electron chi connectivity index (χ4n) is 4.09. The lowest BCUT2D eigenvalue weighted by atomic mass is 9.97. The second-order valence-corrected chi connectivity index (χ2v) is 8.81. The first-order valence-corrected chi connectivity index (χ1v) is 12.0. The van der Waals surface area contributed by atoms with Crippen molar-refractivity contribution in [1.29, 1.82) is 0 Å². The summed E-state index contributed by atoms with van der Waals surface area (Å²) in [5, 5.41) is 22.3. The molecule has 0 saturated carbocycles. The molecule has 1 heterocycles. The number of carbonyl (C=O) groups is 1. The second kappa shape index (κ2) is 14.4. The number of nitrogens with one attached hydrogen (secondary N) is 1. The molecule has 1 aromatic rings. The number of aliphatic hydroxyl groups excluding tert-OH is 2. The van der Waals surface area contributed by atoms with Gasteiger partial charge in [0, 0.05) is 38.3 Å². The minimum absolute atomic E-state index is 0.00662. The van der Waals surface area contributed by atoms with E-state index in [1.165, 1.54) is 37.8 Å². The maximum absolute atomic E-state index is 12.1. The van der Waals surface area contributed by atoms with Crippen LogP contribution in [0.5, 0.6) is 0 Å². The third-order valence-corrected chi connectivity index (χ3v) is 6.26. The number of unbranched alkanes of at least 4 members (excludes halogenated alkanes) is 5. The van der Waals surface area contributed by atoms with Crippen LogP contribution in [0.2, 0.25) is 0 Å². The largest absolute Gasteiger partial charge is 0.396 e. The van der Waals surface area contributed by atoms with Crippen LogP contribution in [0.4, 0.5) is 5.69 Å². The molecule has 5 heteroatoms. The van der Waals surface area contributed by atoms with E-state index in [-0.39, 0.29) is 12.0 Å². The SMILES string of the molecule is CCCCCCCCC(O)CCC(=O)NCc1ccc(N2CCC(CO)CC2)cc1. The van der Waals surface area contributed by atoms with Gasteiger partial charge in [0.2, 0.25) is 5.91 Å². The molecule has 170 valence electrons. The summed E-state index contributed by atoms with van der Waals surface area (Å²) in [7, 11) is 0. The number of hydrogen-bond donors (Lipinski definition) is 3. The Morgan fingerprint density at radius 2 is 1.73 bits per heavy atom. The zero-order valence-corrected chi connectivity index (χ0v) is 18.8. The van der Waals surface area contributed by atoms with Gasteiger partial charge >= 0.3 is 0 Å². The van der Waals surface area contributed by atoms with Crippen LogP contribution in [0, 0.1) is 5.92 Å². The lowest BCUT2D eigenvalue weighted by Crippen LogP contribution is -2.34. The number of anilines is 1. The van der Waals surface area contributed by atoms with Gasteiger partial charge in [-0.25, -0.2) is 0 Å². The highest BCUT2D eigenvalue weighted by Crippen LogP contribution is 2.23. The van der Waals surface area contributed by atoms with Crippen LogP contribution in [0.1, 0.15) is 83.1 Å². The highest BCUT2D eigenvalue weighted by Gasteiger charge is 2.18. The van der Waals surface area contributed by atoms with Gasteiger partial charge in [0.15, 0.2) is 0 Å². The maximum atomic E-state index is 12.1. The zero-order valence-electron chi connectivity index (χ0n) is 18.8. The van der Waals surface area contributed by atoms with E-state index >= 15 is 0 Å². The fraction of sp³-hybridized carbons (Fsp3) is 0.720. The Bertz CT molecular complexity index is 583. The van der Waals surface area contributed by atoms with Gasteiger partial charge in [0.05, 0.1) is 6.10 Å². The van der Waals surface area contributed by atoms with Crippen LogP contribution in [-0.4, -0.2) is 41.9 Å². The predicted octanol–water partition coefficient (Wildman–Crippen LogP) is 4.40. The molecule has 1 saturated heterocycles. The van der Waals surface area contributed by atoms with Crippen molar-refractivity contribution < 1.29 is 15.0 Å². The van der Waals surface area contributed by atoms with Gasteiger partial charge in [-0.15, -0.1) is 0 Å². The number of carbonyl (C=O) groups excluding carboxylic acids is 1. The topological polar surface area (TPSA) is 72.8 Å². The standard InChI is InChI=1S/C25H42N2O3/c1-2-3-4-5-6-7-8-24(29)13-14-25(30)26-19-21-9-11-23(12-10-21)27-17-15-22(20-28)16-18-27/h9-12,22,24,28-29H,2-8,13-20H2,1H3,(H,26,30). The molecule has 5 nitrogen and oxygen atoms in total. The van der Waals surface area contributed by atoms with E-state index in [1.54, 1.807) is 0 Å². The summed E-state index contributed by atoms with van der Waals surface area (Å²) < 4.78 is 0. The highest BCUT2D eigenvalue weighted by atomic mass is 16.3. The average Bonchev–Trinajstić information content (AvgIpc) is 2.79. The Morgan fingerprint density at radius 1 is 1.07 bits per heavy atom. The number of benzene rings is 1. The lowest BCUT2D eigenvalue weighted by Gasteiger charge is -2.33. The van der Waals surface area contributed by atoms with E-state index in [4.69, 9.17) is 0 Å². The van der Waals surface area contributed by atoms with Gasteiger partial charge in [-0.05, 0) is 49.3 Å². The monoisotopic (exact) mass is 418 g/mol. The van der Waals surface area contributed by atoms with E-state index in [0.717, 1.165) is 44.3 Å². The summed E-state index contributed by atoms with van der Waals surface area (Å²) in [6, 6.07) is 8.37. The summed E-state index contributed by atoms with van der Waals surface area (Å²) in [4.78, 5) is 14.5. The molecule has 3 N–H and O–H groups in total. The molecule has 1 amide bonds. The Morgan fingerprint density at radius 3 is 2.40 bits per heavy atom. The molecule has 30 heavy (non-hydrogen) atoms. The first kappa shape index (κ1) is 24.7. The first-order chi connectivity index (χ1) is 14.6.